The lowest BCUT2D eigenvalue weighted by atomic mass is 10.2. The summed E-state index contributed by atoms with van der Waals surface area (Å²) < 4.78 is 1.90. The number of nitrogens with zero attached hydrogens (tertiary/aromatic N) is 2. The van der Waals surface area contributed by atoms with Gasteiger partial charge in [-0.1, -0.05) is 19.8 Å². The summed E-state index contributed by atoms with van der Waals surface area (Å²) in [5, 5.41) is 5.50. The van der Waals surface area contributed by atoms with E-state index in [9.17, 15) is 4.79 Å². The van der Waals surface area contributed by atoms with Crippen LogP contribution in [0.5, 0.6) is 0 Å². The van der Waals surface area contributed by atoms with Crippen molar-refractivity contribution in [3.8, 4) is 5.13 Å². The Morgan fingerprint density at radius 1 is 1.39 bits per heavy atom. The van der Waals surface area contributed by atoms with Crippen LogP contribution in [0.4, 0.5) is 0 Å². The van der Waals surface area contributed by atoms with Gasteiger partial charge in [-0.2, -0.15) is 0 Å². The van der Waals surface area contributed by atoms with Gasteiger partial charge in [0, 0.05) is 24.3 Å². The standard InChI is InChI=1S/C13H17N3OS/c1-2-3-4-7-14-12(17)11-10-18-13(15-11)16-8-5-6-9-16/h5-6,8-10H,2-4,7H2,1H3,(H,14,17). The van der Waals surface area contributed by atoms with Gasteiger partial charge in [0.2, 0.25) is 0 Å². The maximum Gasteiger partial charge on any atom is 0.270 e. The first-order valence-electron chi connectivity index (χ1n) is 6.18. The van der Waals surface area contributed by atoms with Gasteiger partial charge in [0.25, 0.3) is 5.91 Å². The van der Waals surface area contributed by atoms with Gasteiger partial charge < -0.3 is 9.88 Å². The highest BCUT2D eigenvalue weighted by Crippen LogP contribution is 2.14. The Kier molecular flexibility index (Phi) is 4.52. The fourth-order valence-electron chi connectivity index (χ4n) is 1.62. The zero-order valence-electron chi connectivity index (χ0n) is 10.4. The summed E-state index contributed by atoms with van der Waals surface area (Å²) >= 11 is 1.47. The summed E-state index contributed by atoms with van der Waals surface area (Å²) in [6, 6.07) is 3.87. The molecule has 2 aromatic heterocycles. The predicted molar refractivity (Wildman–Crippen MR) is 73.3 cm³/mol. The Balaban J connectivity index is 1.91. The van der Waals surface area contributed by atoms with Crippen molar-refractivity contribution >= 4 is 17.2 Å². The molecule has 4 nitrogen and oxygen atoms in total. The molecule has 0 saturated carbocycles. The molecule has 5 heteroatoms. The summed E-state index contributed by atoms with van der Waals surface area (Å²) in [6.07, 6.45) is 7.16. The molecular formula is C13H17N3OS. The smallest absolute Gasteiger partial charge is 0.270 e. The molecule has 0 bridgehead atoms. The Hall–Kier alpha value is -1.62. The molecule has 2 heterocycles. The van der Waals surface area contributed by atoms with Crippen LogP contribution in [0, 0.1) is 0 Å². The zero-order chi connectivity index (χ0) is 12.8. The van der Waals surface area contributed by atoms with E-state index in [-0.39, 0.29) is 5.91 Å². The summed E-state index contributed by atoms with van der Waals surface area (Å²) in [5.74, 6) is -0.0826. The van der Waals surface area contributed by atoms with Crippen molar-refractivity contribution in [2.45, 2.75) is 26.2 Å². The van der Waals surface area contributed by atoms with Gasteiger partial charge in [0.1, 0.15) is 5.69 Å². The molecular weight excluding hydrogens is 246 g/mol. The number of unbranched alkanes of at least 4 members (excludes halogenated alkanes) is 2. The maximum absolute atomic E-state index is 11.8. The molecule has 96 valence electrons. The van der Waals surface area contributed by atoms with Gasteiger partial charge in [-0.3, -0.25) is 4.79 Å². The van der Waals surface area contributed by atoms with Crippen molar-refractivity contribution in [1.29, 1.82) is 0 Å². The molecule has 0 aromatic carbocycles. The lowest BCUT2D eigenvalue weighted by Crippen LogP contribution is -2.24. The fourth-order valence-corrected chi connectivity index (χ4v) is 2.39. The molecule has 18 heavy (non-hydrogen) atoms. The molecule has 2 rings (SSSR count). The van der Waals surface area contributed by atoms with Crippen LogP contribution in [0.15, 0.2) is 29.9 Å². The number of rotatable bonds is 6. The largest absolute Gasteiger partial charge is 0.351 e. The molecule has 0 fully saturated rings. The molecule has 0 atom stereocenters. The van der Waals surface area contributed by atoms with Gasteiger partial charge in [0.15, 0.2) is 5.13 Å². The van der Waals surface area contributed by atoms with E-state index < -0.39 is 0 Å². The molecule has 0 radical (unpaired) electrons. The van der Waals surface area contributed by atoms with Crippen molar-refractivity contribution in [1.82, 2.24) is 14.9 Å². The normalized spacial score (nSPS) is 10.5. The molecule has 0 aliphatic rings. The van der Waals surface area contributed by atoms with Crippen molar-refractivity contribution < 1.29 is 4.79 Å². The highest BCUT2D eigenvalue weighted by atomic mass is 32.1. The second-order valence-corrected chi connectivity index (χ2v) is 4.91. The van der Waals surface area contributed by atoms with Crippen LogP contribution in [0.3, 0.4) is 0 Å². The lowest BCUT2D eigenvalue weighted by molar-refractivity contribution is 0.0948. The number of hydrogen-bond acceptors (Lipinski definition) is 3. The number of amides is 1. The second-order valence-electron chi connectivity index (χ2n) is 4.07. The van der Waals surface area contributed by atoms with E-state index in [4.69, 9.17) is 0 Å². The van der Waals surface area contributed by atoms with Crippen LogP contribution in [0.25, 0.3) is 5.13 Å². The molecule has 0 aliphatic heterocycles. The van der Waals surface area contributed by atoms with Gasteiger partial charge in [-0.25, -0.2) is 4.98 Å². The molecule has 0 aliphatic carbocycles. The van der Waals surface area contributed by atoms with E-state index in [1.54, 1.807) is 5.38 Å². The first-order chi connectivity index (χ1) is 8.81. The predicted octanol–water partition coefficient (Wildman–Crippen LogP) is 2.85. The van der Waals surface area contributed by atoms with Crippen LogP contribution in [0.2, 0.25) is 0 Å². The first kappa shape index (κ1) is 12.8. The Morgan fingerprint density at radius 3 is 2.89 bits per heavy atom. The van der Waals surface area contributed by atoms with Gasteiger partial charge >= 0.3 is 0 Å². The summed E-state index contributed by atoms with van der Waals surface area (Å²) in [5.41, 5.74) is 0.500. The third kappa shape index (κ3) is 3.20. The Morgan fingerprint density at radius 2 is 2.17 bits per heavy atom. The monoisotopic (exact) mass is 263 g/mol. The maximum atomic E-state index is 11.8. The van der Waals surface area contributed by atoms with Crippen molar-refractivity contribution in [3.05, 3.63) is 35.6 Å². The molecule has 1 N–H and O–H groups in total. The van der Waals surface area contributed by atoms with Crippen LogP contribution in [0.1, 0.15) is 36.7 Å². The van der Waals surface area contributed by atoms with E-state index in [1.165, 1.54) is 11.3 Å². The SMILES string of the molecule is CCCCCNC(=O)c1csc(-n2cccc2)n1. The van der Waals surface area contributed by atoms with Crippen LogP contribution in [-0.4, -0.2) is 22.0 Å². The Labute approximate surface area is 111 Å². The molecule has 0 spiro atoms. The van der Waals surface area contributed by atoms with Crippen molar-refractivity contribution in [2.24, 2.45) is 0 Å². The van der Waals surface area contributed by atoms with Gasteiger partial charge in [-0.15, -0.1) is 11.3 Å². The minimum absolute atomic E-state index is 0.0826. The van der Waals surface area contributed by atoms with Crippen molar-refractivity contribution in [3.63, 3.8) is 0 Å². The average Bonchev–Trinajstić information content (AvgIpc) is 3.03. The van der Waals surface area contributed by atoms with E-state index in [2.05, 4.69) is 17.2 Å². The molecule has 0 unspecified atom stereocenters. The third-order valence-corrected chi connectivity index (χ3v) is 3.47. The first-order valence-corrected chi connectivity index (χ1v) is 7.06. The second kappa shape index (κ2) is 6.35. The third-order valence-electron chi connectivity index (χ3n) is 2.62. The van der Waals surface area contributed by atoms with Crippen molar-refractivity contribution in [2.75, 3.05) is 6.54 Å². The van der Waals surface area contributed by atoms with E-state index >= 15 is 0 Å². The average molecular weight is 263 g/mol. The molecule has 0 saturated heterocycles. The van der Waals surface area contributed by atoms with Gasteiger partial charge in [0.05, 0.1) is 0 Å². The number of aromatic nitrogens is 2. The Bertz CT molecular complexity index is 490. The minimum atomic E-state index is -0.0826. The highest BCUT2D eigenvalue weighted by molar-refractivity contribution is 7.12. The highest BCUT2D eigenvalue weighted by Gasteiger charge is 2.10. The fraction of sp³-hybridized carbons (Fsp3) is 0.385. The number of thiazole rings is 1. The number of carbonyl (C=O) groups excluding carboxylic acids is 1. The summed E-state index contributed by atoms with van der Waals surface area (Å²) in [4.78, 5) is 16.1. The number of carbonyl (C=O) groups is 1. The lowest BCUT2D eigenvalue weighted by Gasteiger charge is -2.01. The van der Waals surface area contributed by atoms with E-state index in [1.807, 2.05) is 29.1 Å². The van der Waals surface area contributed by atoms with E-state index in [0.717, 1.165) is 30.9 Å². The topological polar surface area (TPSA) is 46.9 Å². The van der Waals surface area contributed by atoms with Gasteiger partial charge in [-0.05, 0) is 18.6 Å². The molecule has 1 amide bonds. The number of hydrogen-bond donors (Lipinski definition) is 1. The molecule has 2 aromatic rings. The quantitative estimate of drug-likeness (QED) is 0.815. The number of nitrogens with one attached hydrogen (secondary N) is 1. The summed E-state index contributed by atoms with van der Waals surface area (Å²) in [7, 11) is 0. The minimum Gasteiger partial charge on any atom is -0.351 e. The van der Waals surface area contributed by atoms with Crippen LogP contribution < -0.4 is 5.32 Å². The van der Waals surface area contributed by atoms with Crippen LogP contribution >= 0.6 is 11.3 Å². The zero-order valence-corrected chi connectivity index (χ0v) is 11.2. The van der Waals surface area contributed by atoms with E-state index in [0.29, 0.717) is 5.69 Å². The van der Waals surface area contributed by atoms with Crippen LogP contribution in [-0.2, 0) is 0 Å². The summed E-state index contributed by atoms with van der Waals surface area (Å²) in [6.45, 7) is 2.87.